The van der Waals surface area contributed by atoms with E-state index in [9.17, 15) is 9.59 Å². The van der Waals surface area contributed by atoms with E-state index in [4.69, 9.17) is 4.42 Å². The lowest BCUT2D eigenvalue weighted by molar-refractivity contribution is -0.145. The van der Waals surface area contributed by atoms with Gasteiger partial charge in [-0.25, -0.2) is 0 Å². The van der Waals surface area contributed by atoms with E-state index in [1.54, 1.807) is 20.0 Å². The van der Waals surface area contributed by atoms with Gasteiger partial charge in [-0.2, -0.15) is 0 Å². The Morgan fingerprint density at radius 3 is 2.72 bits per heavy atom. The maximum Gasteiger partial charge on any atom is 0.310 e. The monoisotopic (exact) mass is 253 g/mol. The Hall–Kier alpha value is -1.78. The van der Waals surface area contributed by atoms with Crippen molar-refractivity contribution in [1.29, 1.82) is 0 Å². The second-order valence-corrected chi connectivity index (χ2v) is 4.22. The minimum absolute atomic E-state index is 0.142. The predicted octanol–water partition coefficient (Wildman–Crippen LogP) is 1.72. The van der Waals surface area contributed by atoms with Crippen molar-refractivity contribution in [3.63, 3.8) is 0 Å². The summed E-state index contributed by atoms with van der Waals surface area (Å²) < 4.78 is 9.85. The highest BCUT2D eigenvalue weighted by Crippen LogP contribution is 2.14. The number of ether oxygens (including phenoxy) is 1. The smallest absolute Gasteiger partial charge is 0.310 e. The van der Waals surface area contributed by atoms with Crippen LogP contribution in [0.25, 0.3) is 0 Å². The lowest BCUT2D eigenvalue weighted by Gasteiger charge is -2.20. The number of carbonyl (C=O) groups is 2. The summed E-state index contributed by atoms with van der Waals surface area (Å²) in [6, 6.07) is 1.65. The largest absolute Gasteiger partial charge is 0.469 e. The van der Waals surface area contributed by atoms with Gasteiger partial charge in [-0.1, -0.05) is 13.8 Å². The van der Waals surface area contributed by atoms with E-state index in [1.807, 2.05) is 6.92 Å². The Labute approximate surface area is 107 Å². The zero-order valence-electron chi connectivity index (χ0n) is 11.2. The maximum atomic E-state index is 12.1. The fraction of sp³-hybridized carbons (Fsp3) is 0.538. The number of esters is 1. The Balaban J connectivity index is 2.70. The normalized spacial score (nSPS) is 12.0. The molecule has 0 aliphatic rings. The van der Waals surface area contributed by atoms with E-state index in [-0.39, 0.29) is 17.8 Å². The van der Waals surface area contributed by atoms with Crippen molar-refractivity contribution in [2.45, 2.75) is 20.3 Å². The average Bonchev–Trinajstić information content (AvgIpc) is 2.84. The standard InChI is InChI=1S/C13H19NO4/c1-5-11-10(6-7-18-11)12(15)14(3)8-9(2)13(16)17-4/h6-7,9H,5,8H2,1-4H3. The summed E-state index contributed by atoms with van der Waals surface area (Å²) in [5.74, 6) is -0.146. The number of amides is 1. The molecular weight excluding hydrogens is 234 g/mol. The first-order chi connectivity index (χ1) is 8.51. The van der Waals surface area contributed by atoms with Crippen molar-refractivity contribution >= 4 is 11.9 Å². The van der Waals surface area contributed by atoms with Gasteiger partial charge in [0.05, 0.1) is 24.9 Å². The van der Waals surface area contributed by atoms with E-state index in [1.165, 1.54) is 18.3 Å². The van der Waals surface area contributed by atoms with E-state index in [0.29, 0.717) is 24.3 Å². The lowest BCUT2D eigenvalue weighted by Crippen LogP contribution is -2.34. The van der Waals surface area contributed by atoms with Gasteiger partial charge in [0.1, 0.15) is 5.76 Å². The van der Waals surface area contributed by atoms with Gasteiger partial charge in [-0.15, -0.1) is 0 Å². The predicted molar refractivity (Wildman–Crippen MR) is 66.2 cm³/mol. The summed E-state index contributed by atoms with van der Waals surface area (Å²) >= 11 is 0. The Bertz CT molecular complexity index is 424. The molecule has 0 bridgehead atoms. The molecule has 0 saturated heterocycles. The second kappa shape index (κ2) is 6.23. The molecule has 0 spiro atoms. The average molecular weight is 253 g/mol. The highest BCUT2D eigenvalue weighted by atomic mass is 16.5. The minimum atomic E-state index is -0.346. The van der Waals surface area contributed by atoms with E-state index in [0.717, 1.165) is 0 Å². The Morgan fingerprint density at radius 2 is 2.17 bits per heavy atom. The molecular formula is C13H19NO4. The second-order valence-electron chi connectivity index (χ2n) is 4.22. The lowest BCUT2D eigenvalue weighted by atomic mass is 10.1. The van der Waals surface area contributed by atoms with Crippen molar-refractivity contribution in [2.24, 2.45) is 5.92 Å². The molecule has 18 heavy (non-hydrogen) atoms. The minimum Gasteiger partial charge on any atom is -0.469 e. The van der Waals surface area contributed by atoms with Gasteiger partial charge < -0.3 is 14.1 Å². The number of carbonyl (C=O) groups excluding carboxylic acids is 2. The molecule has 0 aliphatic heterocycles. The third kappa shape index (κ3) is 3.12. The number of nitrogens with zero attached hydrogens (tertiary/aromatic N) is 1. The summed E-state index contributed by atoms with van der Waals surface area (Å²) in [7, 11) is 3.00. The number of methoxy groups -OCH3 is 1. The molecule has 0 fully saturated rings. The molecule has 0 aromatic carbocycles. The third-order valence-corrected chi connectivity index (χ3v) is 2.79. The number of aryl methyl sites for hydroxylation is 1. The van der Waals surface area contributed by atoms with Crippen molar-refractivity contribution in [2.75, 3.05) is 20.7 Å². The van der Waals surface area contributed by atoms with E-state index >= 15 is 0 Å². The number of hydrogen-bond acceptors (Lipinski definition) is 4. The maximum absolute atomic E-state index is 12.1. The van der Waals surface area contributed by atoms with E-state index in [2.05, 4.69) is 4.74 Å². The van der Waals surface area contributed by atoms with Gasteiger partial charge in [0.2, 0.25) is 0 Å². The molecule has 0 saturated carbocycles. The zero-order chi connectivity index (χ0) is 13.7. The first-order valence-electron chi connectivity index (χ1n) is 5.90. The van der Waals surface area contributed by atoms with Crippen LogP contribution < -0.4 is 0 Å². The van der Waals surface area contributed by atoms with Crippen LogP contribution in [0.3, 0.4) is 0 Å². The molecule has 0 N–H and O–H groups in total. The molecule has 5 heteroatoms. The molecule has 1 aromatic rings. The SMILES string of the molecule is CCc1occc1C(=O)N(C)CC(C)C(=O)OC. The highest BCUT2D eigenvalue weighted by molar-refractivity contribution is 5.95. The van der Waals surface area contributed by atoms with E-state index < -0.39 is 0 Å². The van der Waals surface area contributed by atoms with Crippen LogP contribution >= 0.6 is 0 Å². The quantitative estimate of drug-likeness (QED) is 0.750. The topological polar surface area (TPSA) is 59.8 Å². The number of furan rings is 1. The molecule has 0 aliphatic carbocycles. The molecule has 1 aromatic heterocycles. The van der Waals surface area contributed by atoms with Crippen molar-refractivity contribution in [3.05, 3.63) is 23.7 Å². The molecule has 1 atom stereocenters. The summed E-state index contributed by atoms with van der Waals surface area (Å²) in [6.07, 6.45) is 2.16. The van der Waals surface area contributed by atoms with Crippen LogP contribution in [0.1, 0.15) is 30.0 Å². The van der Waals surface area contributed by atoms with Crippen LogP contribution in [0.4, 0.5) is 0 Å². The Morgan fingerprint density at radius 1 is 1.50 bits per heavy atom. The molecule has 0 radical (unpaired) electrons. The number of rotatable bonds is 5. The molecule has 5 nitrogen and oxygen atoms in total. The molecule has 1 heterocycles. The zero-order valence-corrected chi connectivity index (χ0v) is 11.2. The van der Waals surface area contributed by atoms with Crippen molar-refractivity contribution < 1.29 is 18.7 Å². The fourth-order valence-electron chi connectivity index (χ4n) is 1.78. The van der Waals surface area contributed by atoms with Crippen LogP contribution in [0, 0.1) is 5.92 Å². The number of hydrogen-bond donors (Lipinski definition) is 0. The van der Waals surface area contributed by atoms with Crippen molar-refractivity contribution in [3.8, 4) is 0 Å². The van der Waals surface area contributed by atoms with Gasteiger partial charge in [0.25, 0.3) is 5.91 Å². The van der Waals surface area contributed by atoms with Gasteiger partial charge in [0, 0.05) is 20.0 Å². The first-order valence-corrected chi connectivity index (χ1v) is 5.90. The summed E-state index contributed by atoms with van der Waals surface area (Å²) in [4.78, 5) is 25.0. The van der Waals surface area contributed by atoms with Crippen LogP contribution in [-0.4, -0.2) is 37.5 Å². The summed E-state index contributed by atoms with van der Waals surface area (Å²) in [5, 5.41) is 0. The first kappa shape index (κ1) is 14.3. The third-order valence-electron chi connectivity index (χ3n) is 2.79. The van der Waals surface area contributed by atoms with Gasteiger partial charge in [0.15, 0.2) is 0 Å². The molecule has 1 amide bonds. The van der Waals surface area contributed by atoms with Gasteiger partial charge >= 0.3 is 5.97 Å². The molecule has 1 rings (SSSR count). The molecule has 1 unspecified atom stereocenters. The summed E-state index contributed by atoms with van der Waals surface area (Å²) in [6.45, 7) is 3.97. The van der Waals surface area contributed by atoms with Crippen LogP contribution in [-0.2, 0) is 16.0 Å². The summed E-state index contributed by atoms with van der Waals surface area (Å²) in [5.41, 5.74) is 0.553. The van der Waals surface area contributed by atoms with Crippen LogP contribution in [0.15, 0.2) is 16.7 Å². The molecule has 100 valence electrons. The highest BCUT2D eigenvalue weighted by Gasteiger charge is 2.22. The van der Waals surface area contributed by atoms with Gasteiger partial charge in [-0.05, 0) is 6.07 Å². The Kier molecular flexibility index (Phi) is 4.95. The van der Waals surface area contributed by atoms with Gasteiger partial charge in [-0.3, -0.25) is 9.59 Å². The van der Waals surface area contributed by atoms with Crippen molar-refractivity contribution in [1.82, 2.24) is 4.90 Å². The fourth-order valence-corrected chi connectivity index (χ4v) is 1.78. The van der Waals surface area contributed by atoms with Crippen LogP contribution in [0.2, 0.25) is 0 Å². The van der Waals surface area contributed by atoms with Crippen LogP contribution in [0.5, 0.6) is 0 Å².